The number of allylic oxidation sites excluding steroid dienone is 2. The second-order valence-electron chi connectivity index (χ2n) is 3.98. The van der Waals surface area contributed by atoms with Crippen LogP contribution in [-0.4, -0.2) is 12.9 Å². The molecule has 1 aliphatic carbocycles. The average molecular weight is 236 g/mol. The minimum absolute atomic E-state index is 0.161. The molecular formula is C13H16O2S. The molecule has 0 aromatic carbocycles. The van der Waals surface area contributed by atoms with Crippen LogP contribution in [0.15, 0.2) is 23.1 Å². The lowest BCUT2D eigenvalue weighted by Crippen LogP contribution is -2.02. The van der Waals surface area contributed by atoms with Gasteiger partial charge in [0.25, 0.3) is 0 Å². The second-order valence-corrected chi connectivity index (χ2v) is 4.89. The molecule has 86 valence electrons. The fraction of sp³-hybridized carbons (Fsp3) is 0.462. The summed E-state index contributed by atoms with van der Waals surface area (Å²) >= 11 is 1.47. The average Bonchev–Trinajstić information content (AvgIpc) is 2.61. The molecule has 2 nitrogen and oxygen atoms in total. The van der Waals surface area contributed by atoms with Crippen molar-refractivity contribution in [2.24, 2.45) is 0 Å². The van der Waals surface area contributed by atoms with Gasteiger partial charge in [0.15, 0.2) is 0 Å². The van der Waals surface area contributed by atoms with Gasteiger partial charge in [-0.1, -0.05) is 12.5 Å². The molecule has 0 bridgehead atoms. The van der Waals surface area contributed by atoms with Crippen molar-refractivity contribution in [3.63, 3.8) is 0 Å². The van der Waals surface area contributed by atoms with Crippen LogP contribution in [0.2, 0.25) is 0 Å². The normalized spacial score (nSPS) is 16.4. The van der Waals surface area contributed by atoms with Crippen LogP contribution >= 0.6 is 11.3 Å². The Bertz CT molecular complexity index is 404. The highest BCUT2D eigenvalue weighted by Gasteiger charge is 2.18. The van der Waals surface area contributed by atoms with Crippen LogP contribution in [0.1, 0.15) is 41.8 Å². The van der Waals surface area contributed by atoms with Crippen molar-refractivity contribution >= 4 is 17.1 Å². The standard InChI is InChI=1S/C13H16O2S/c1-15-11-8-9-16-13(11)12(14)10-6-4-2-3-5-7-10/h6,8-9H,2-5,7H2,1H3. The molecule has 0 saturated heterocycles. The summed E-state index contributed by atoms with van der Waals surface area (Å²) in [7, 11) is 1.61. The number of thiophene rings is 1. The number of rotatable bonds is 3. The van der Waals surface area contributed by atoms with Crippen molar-refractivity contribution in [1.29, 1.82) is 0 Å². The predicted octanol–water partition coefficient (Wildman–Crippen LogP) is 3.83. The fourth-order valence-corrected chi connectivity index (χ4v) is 2.82. The Morgan fingerprint density at radius 3 is 3.06 bits per heavy atom. The molecule has 0 N–H and O–H groups in total. The summed E-state index contributed by atoms with van der Waals surface area (Å²) in [5, 5.41) is 1.91. The molecule has 1 heterocycles. The maximum atomic E-state index is 12.3. The van der Waals surface area contributed by atoms with Crippen LogP contribution in [0.4, 0.5) is 0 Å². The SMILES string of the molecule is COc1ccsc1C(=O)C1=CCCCCC1. The van der Waals surface area contributed by atoms with Gasteiger partial charge in [0, 0.05) is 0 Å². The van der Waals surface area contributed by atoms with E-state index in [-0.39, 0.29) is 5.78 Å². The summed E-state index contributed by atoms with van der Waals surface area (Å²) in [5.74, 6) is 0.869. The van der Waals surface area contributed by atoms with Crippen molar-refractivity contribution in [2.45, 2.75) is 32.1 Å². The van der Waals surface area contributed by atoms with Gasteiger partial charge in [0.2, 0.25) is 5.78 Å². The van der Waals surface area contributed by atoms with E-state index in [0.717, 1.165) is 29.7 Å². The van der Waals surface area contributed by atoms with Crippen molar-refractivity contribution < 1.29 is 9.53 Å². The van der Waals surface area contributed by atoms with E-state index in [1.165, 1.54) is 24.2 Å². The molecule has 0 spiro atoms. The largest absolute Gasteiger partial charge is 0.495 e. The van der Waals surface area contributed by atoms with E-state index in [1.807, 2.05) is 11.4 Å². The Morgan fingerprint density at radius 1 is 1.38 bits per heavy atom. The minimum Gasteiger partial charge on any atom is -0.495 e. The van der Waals surface area contributed by atoms with E-state index in [9.17, 15) is 4.79 Å². The third-order valence-corrected chi connectivity index (χ3v) is 3.78. The molecule has 1 aromatic heterocycles. The molecule has 1 aromatic rings. The first-order chi connectivity index (χ1) is 7.83. The lowest BCUT2D eigenvalue weighted by molar-refractivity contribution is 0.103. The van der Waals surface area contributed by atoms with E-state index in [2.05, 4.69) is 6.08 Å². The first kappa shape index (κ1) is 11.4. The third kappa shape index (κ3) is 2.35. The van der Waals surface area contributed by atoms with E-state index in [0.29, 0.717) is 5.75 Å². The molecule has 0 atom stereocenters. The summed E-state index contributed by atoms with van der Waals surface area (Å²) in [4.78, 5) is 13.0. The Balaban J connectivity index is 2.21. The monoisotopic (exact) mass is 236 g/mol. The zero-order valence-electron chi connectivity index (χ0n) is 9.49. The summed E-state index contributed by atoms with van der Waals surface area (Å²) in [6.45, 7) is 0. The van der Waals surface area contributed by atoms with Gasteiger partial charge in [-0.3, -0.25) is 4.79 Å². The predicted molar refractivity (Wildman–Crippen MR) is 66.4 cm³/mol. The molecule has 0 fully saturated rings. The summed E-state index contributed by atoms with van der Waals surface area (Å²) in [6.07, 6.45) is 7.63. The van der Waals surface area contributed by atoms with Gasteiger partial charge in [0.05, 0.1) is 7.11 Å². The first-order valence-corrected chi connectivity index (χ1v) is 6.56. The van der Waals surface area contributed by atoms with Gasteiger partial charge >= 0.3 is 0 Å². The Morgan fingerprint density at radius 2 is 2.25 bits per heavy atom. The molecule has 0 saturated carbocycles. The van der Waals surface area contributed by atoms with Crippen LogP contribution in [0.5, 0.6) is 5.75 Å². The van der Waals surface area contributed by atoms with Gasteiger partial charge in [0.1, 0.15) is 10.6 Å². The summed E-state index contributed by atoms with van der Waals surface area (Å²) in [5.41, 5.74) is 0.971. The van der Waals surface area contributed by atoms with E-state index in [4.69, 9.17) is 4.74 Å². The van der Waals surface area contributed by atoms with Crippen LogP contribution in [0.25, 0.3) is 0 Å². The Kier molecular flexibility index (Phi) is 3.78. The van der Waals surface area contributed by atoms with Crippen molar-refractivity contribution in [2.75, 3.05) is 7.11 Å². The molecule has 0 aliphatic heterocycles. The summed E-state index contributed by atoms with van der Waals surface area (Å²) in [6, 6.07) is 1.86. The lowest BCUT2D eigenvalue weighted by Gasteiger charge is -2.04. The van der Waals surface area contributed by atoms with Crippen LogP contribution < -0.4 is 4.74 Å². The molecule has 0 unspecified atom stereocenters. The highest BCUT2D eigenvalue weighted by molar-refractivity contribution is 7.12. The van der Waals surface area contributed by atoms with E-state index >= 15 is 0 Å². The summed E-state index contributed by atoms with van der Waals surface area (Å²) < 4.78 is 5.19. The number of carbonyl (C=O) groups is 1. The number of hydrogen-bond acceptors (Lipinski definition) is 3. The smallest absolute Gasteiger partial charge is 0.202 e. The first-order valence-electron chi connectivity index (χ1n) is 5.68. The zero-order valence-corrected chi connectivity index (χ0v) is 10.3. The molecular weight excluding hydrogens is 220 g/mol. The molecule has 0 radical (unpaired) electrons. The Hall–Kier alpha value is -1.09. The Labute approximate surface area is 99.9 Å². The van der Waals surface area contributed by atoms with Crippen LogP contribution in [0.3, 0.4) is 0 Å². The van der Waals surface area contributed by atoms with E-state index < -0.39 is 0 Å². The quantitative estimate of drug-likeness (QED) is 0.745. The van der Waals surface area contributed by atoms with Crippen molar-refractivity contribution in [3.8, 4) is 5.75 Å². The molecule has 16 heavy (non-hydrogen) atoms. The van der Waals surface area contributed by atoms with Gasteiger partial charge < -0.3 is 4.74 Å². The number of ether oxygens (including phenoxy) is 1. The van der Waals surface area contributed by atoms with Crippen molar-refractivity contribution in [1.82, 2.24) is 0 Å². The van der Waals surface area contributed by atoms with Gasteiger partial charge in [-0.25, -0.2) is 0 Å². The van der Waals surface area contributed by atoms with Crippen LogP contribution in [-0.2, 0) is 0 Å². The van der Waals surface area contributed by atoms with Gasteiger partial charge in [-0.05, 0) is 42.7 Å². The number of carbonyl (C=O) groups excluding carboxylic acids is 1. The molecule has 0 amide bonds. The highest BCUT2D eigenvalue weighted by Crippen LogP contribution is 2.29. The fourth-order valence-electron chi connectivity index (χ4n) is 1.99. The molecule has 2 rings (SSSR count). The third-order valence-electron chi connectivity index (χ3n) is 2.89. The van der Waals surface area contributed by atoms with E-state index in [1.54, 1.807) is 7.11 Å². The van der Waals surface area contributed by atoms with Gasteiger partial charge in [-0.15, -0.1) is 11.3 Å². The topological polar surface area (TPSA) is 26.3 Å². The number of hydrogen-bond donors (Lipinski definition) is 0. The van der Waals surface area contributed by atoms with Gasteiger partial charge in [-0.2, -0.15) is 0 Å². The van der Waals surface area contributed by atoms with Crippen LogP contribution in [0, 0.1) is 0 Å². The number of ketones is 1. The minimum atomic E-state index is 0.161. The highest BCUT2D eigenvalue weighted by atomic mass is 32.1. The lowest BCUT2D eigenvalue weighted by atomic mass is 10.0. The maximum absolute atomic E-state index is 12.3. The van der Waals surface area contributed by atoms with Crippen molar-refractivity contribution in [3.05, 3.63) is 28.0 Å². The molecule has 1 aliphatic rings. The number of Topliss-reactive ketones (excluding diaryl/α,β-unsaturated/α-hetero) is 1. The zero-order chi connectivity index (χ0) is 11.4. The number of methoxy groups -OCH3 is 1. The maximum Gasteiger partial charge on any atom is 0.202 e. The molecule has 3 heteroatoms. The second kappa shape index (κ2) is 5.30.